The Morgan fingerprint density at radius 3 is 2.32 bits per heavy atom. The number of amides is 2. The number of nitrogens with zero attached hydrogens (tertiary/aromatic N) is 1. The summed E-state index contributed by atoms with van der Waals surface area (Å²) in [6.45, 7) is 1.87. The minimum atomic E-state index is -0.188. The molecule has 0 aromatic heterocycles. The van der Waals surface area contributed by atoms with Gasteiger partial charge in [-0.15, -0.1) is 0 Å². The van der Waals surface area contributed by atoms with E-state index in [0.717, 1.165) is 12.1 Å². The molecular weight excluding hydrogens is 302 g/mol. The molecule has 6 heteroatoms. The molecule has 1 fully saturated rings. The van der Waals surface area contributed by atoms with Crippen LogP contribution in [-0.4, -0.2) is 43.9 Å². The third-order valence-electron chi connectivity index (χ3n) is 3.70. The summed E-state index contributed by atoms with van der Waals surface area (Å²) in [5.74, 6) is -0.435. The Morgan fingerprint density at radius 1 is 1.14 bits per heavy atom. The maximum absolute atomic E-state index is 12.0. The van der Waals surface area contributed by atoms with Gasteiger partial charge in [0.1, 0.15) is 0 Å². The fourth-order valence-corrected chi connectivity index (χ4v) is 2.36. The first-order chi connectivity index (χ1) is 10.5. The number of hydrogen-bond donors (Lipinski definition) is 2. The van der Waals surface area contributed by atoms with Gasteiger partial charge in [-0.3, -0.25) is 9.59 Å². The standard InChI is InChI=1S/C16H22ClN3O2/c1-20(2)8-7-18-15(21)13-9-14(13)16(22)19-10-11-3-5-12(17)6-4-11/h3-6,13-14H,7-10H2,1-2H3,(H,18,21)(H,19,22). The Bertz CT molecular complexity index is 531. The van der Waals surface area contributed by atoms with Gasteiger partial charge in [0.25, 0.3) is 0 Å². The molecule has 0 heterocycles. The van der Waals surface area contributed by atoms with Crippen LogP contribution in [0.3, 0.4) is 0 Å². The summed E-state index contributed by atoms with van der Waals surface area (Å²) in [5.41, 5.74) is 0.991. The van der Waals surface area contributed by atoms with E-state index in [1.165, 1.54) is 0 Å². The molecule has 0 radical (unpaired) electrons. The number of hydrogen-bond acceptors (Lipinski definition) is 3. The van der Waals surface area contributed by atoms with E-state index in [2.05, 4.69) is 10.6 Å². The van der Waals surface area contributed by atoms with Gasteiger partial charge in [0.15, 0.2) is 0 Å². The normalized spacial score (nSPS) is 19.8. The molecule has 0 spiro atoms. The van der Waals surface area contributed by atoms with Crippen molar-refractivity contribution in [3.63, 3.8) is 0 Å². The van der Waals surface area contributed by atoms with E-state index < -0.39 is 0 Å². The zero-order valence-corrected chi connectivity index (χ0v) is 13.7. The van der Waals surface area contributed by atoms with Gasteiger partial charge in [-0.05, 0) is 38.2 Å². The van der Waals surface area contributed by atoms with Crippen molar-refractivity contribution in [2.75, 3.05) is 27.2 Å². The van der Waals surface area contributed by atoms with Crippen LogP contribution in [0, 0.1) is 11.8 Å². The van der Waals surface area contributed by atoms with Gasteiger partial charge in [0, 0.05) is 24.7 Å². The van der Waals surface area contributed by atoms with E-state index in [9.17, 15) is 9.59 Å². The molecule has 2 unspecified atom stereocenters. The molecule has 2 amide bonds. The number of benzene rings is 1. The molecule has 2 atom stereocenters. The second-order valence-corrected chi connectivity index (χ2v) is 6.32. The van der Waals surface area contributed by atoms with Crippen molar-refractivity contribution < 1.29 is 9.59 Å². The zero-order valence-electron chi connectivity index (χ0n) is 12.9. The Kier molecular flexibility index (Phi) is 5.80. The maximum atomic E-state index is 12.0. The SMILES string of the molecule is CN(C)CCNC(=O)C1CC1C(=O)NCc1ccc(Cl)cc1. The molecule has 1 aromatic carbocycles. The van der Waals surface area contributed by atoms with E-state index in [1.807, 2.05) is 31.1 Å². The number of nitrogens with one attached hydrogen (secondary N) is 2. The lowest BCUT2D eigenvalue weighted by Gasteiger charge is -2.10. The summed E-state index contributed by atoms with van der Waals surface area (Å²) >= 11 is 5.82. The van der Waals surface area contributed by atoms with Gasteiger partial charge in [0.05, 0.1) is 11.8 Å². The topological polar surface area (TPSA) is 61.4 Å². The van der Waals surface area contributed by atoms with Crippen molar-refractivity contribution in [1.82, 2.24) is 15.5 Å². The summed E-state index contributed by atoms with van der Waals surface area (Å²) < 4.78 is 0. The van der Waals surface area contributed by atoms with Crippen LogP contribution >= 0.6 is 11.6 Å². The van der Waals surface area contributed by atoms with Crippen molar-refractivity contribution in [2.24, 2.45) is 11.8 Å². The van der Waals surface area contributed by atoms with Gasteiger partial charge in [-0.1, -0.05) is 23.7 Å². The largest absolute Gasteiger partial charge is 0.355 e. The number of halogens is 1. The van der Waals surface area contributed by atoms with Gasteiger partial charge in [0.2, 0.25) is 11.8 Å². The first kappa shape index (κ1) is 16.8. The van der Waals surface area contributed by atoms with Crippen LogP contribution in [0.4, 0.5) is 0 Å². The van der Waals surface area contributed by atoms with Gasteiger partial charge < -0.3 is 15.5 Å². The number of likely N-dealkylation sites (N-methyl/N-ethyl adjacent to an activating group) is 1. The Morgan fingerprint density at radius 2 is 1.73 bits per heavy atom. The van der Waals surface area contributed by atoms with E-state index in [1.54, 1.807) is 12.1 Å². The minimum Gasteiger partial charge on any atom is -0.355 e. The lowest BCUT2D eigenvalue weighted by molar-refractivity contribution is -0.127. The van der Waals surface area contributed by atoms with Crippen LogP contribution < -0.4 is 10.6 Å². The second-order valence-electron chi connectivity index (χ2n) is 5.89. The highest BCUT2D eigenvalue weighted by atomic mass is 35.5. The zero-order chi connectivity index (χ0) is 16.1. The van der Waals surface area contributed by atoms with Crippen LogP contribution in [0.25, 0.3) is 0 Å². The summed E-state index contributed by atoms with van der Waals surface area (Å²) in [4.78, 5) is 25.9. The maximum Gasteiger partial charge on any atom is 0.224 e. The average Bonchev–Trinajstić information content (AvgIpc) is 3.26. The Balaban J connectivity index is 1.69. The van der Waals surface area contributed by atoms with E-state index in [0.29, 0.717) is 24.5 Å². The molecule has 120 valence electrons. The molecule has 1 saturated carbocycles. The van der Waals surface area contributed by atoms with Gasteiger partial charge in [-0.2, -0.15) is 0 Å². The fourth-order valence-electron chi connectivity index (χ4n) is 2.23. The summed E-state index contributed by atoms with van der Waals surface area (Å²) in [5, 5.41) is 6.41. The van der Waals surface area contributed by atoms with Crippen molar-refractivity contribution in [3.8, 4) is 0 Å². The predicted molar refractivity (Wildman–Crippen MR) is 86.5 cm³/mol. The average molecular weight is 324 g/mol. The van der Waals surface area contributed by atoms with E-state index in [-0.39, 0.29) is 23.7 Å². The second kappa shape index (κ2) is 7.61. The molecule has 2 N–H and O–H groups in total. The minimum absolute atomic E-state index is 0.0199. The third-order valence-corrected chi connectivity index (χ3v) is 3.95. The summed E-state index contributed by atoms with van der Waals surface area (Å²) in [7, 11) is 3.91. The molecular formula is C16H22ClN3O2. The van der Waals surface area contributed by atoms with E-state index >= 15 is 0 Å². The van der Waals surface area contributed by atoms with E-state index in [4.69, 9.17) is 11.6 Å². The van der Waals surface area contributed by atoms with Crippen LogP contribution in [0.1, 0.15) is 12.0 Å². The predicted octanol–water partition coefficient (Wildman–Crippen LogP) is 1.27. The van der Waals surface area contributed by atoms with Crippen LogP contribution in [0.5, 0.6) is 0 Å². The molecule has 0 aliphatic heterocycles. The molecule has 0 bridgehead atoms. The van der Waals surface area contributed by atoms with Crippen molar-refractivity contribution in [3.05, 3.63) is 34.9 Å². The number of carbonyl (C=O) groups excluding carboxylic acids is 2. The Hall–Kier alpha value is -1.59. The van der Waals surface area contributed by atoms with Gasteiger partial charge in [-0.25, -0.2) is 0 Å². The van der Waals surface area contributed by atoms with Crippen LogP contribution in [0.2, 0.25) is 5.02 Å². The molecule has 1 aliphatic carbocycles. The van der Waals surface area contributed by atoms with Crippen molar-refractivity contribution >= 4 is 23.4 Å². The highest BCUT2D eigenvalue weighted by molar-refractivity contribution is 6.30. The smallest absolute Gasteiger partial charge is 0.224 e. The quantitative estimate of drug-likeness (QED) is 0.794. The third kappa shape index (κ3) is 5.00. The van der Waals surface area contributed by atoms with Crippen LogP contribution in [-0.2, 0) is 16.1 Å². The molecule has 1 aromatic rings. The van der Waals surface area contributed by atoms with Crippen molar-refractivity contribution in [2.45, 2.75) is 13.0 Å². The molecule has 2 rings (SSSR count). The van der Waals surface area contributed by atoms with Crippen molar-refractivity contribution in [1.29, 1.82) is 0 Å². The number of carbonyl (C=O) groups is 2. The van der Waals surface area contributed by atoms with Gasteiger partial charge >= 0.3 is 0 Å². The highest BCUT2D eigenvalue weighted by Gasteiger charge is 2.47. The van der Waals surface area contributed by atoms with Crippen LogP contribution in [0.15, 0.2) is 24.3 Å². The number of rotatable bonds is 7. The molecule has 5 nitrogen and oxygen atoms in total. The first-order valence-corrected chi connectivity index (χ1v) is 7.80. The Labute approximate surface area is 136 Å². The first-order valence-electron chi connectivity index (χ1n) is 7.42. The highest BCUT2D eigenvalue weighted by Crippen LogP contribution is 2.38. The summed E-state index contributed by atoms with van der Waals surface area (Å²) in [6.07, 6.45) is 0.639. The molecule has 22 heavy (non-hydrogen) atoms. The lowest BCUT2D eigenvalue weighted by atomic mass is 10.2. The monoisotopic (exact) mass is 323 g/mol. The summed E-state index contributed by atoms with van der Waals surface area (Å²) in [6, 6.07) is 7.34. The molecule has 1 aliphatic rings. The lowest BCUT2D eigenvalue weighted by Crippen LogP contribution is -2.34. The fraction of sp³-hybridized carbons (Fsp3) is 0.500. The molecule has 0 saturated heterocycles.